The first-order valence-electron chi connectivity index (χ1n) is 7.37. The largest absolute Gasteiger partial charge is 0.497 e. The second kappa shape index (κ2) is 8.11. The molecule has 0 heterocycles. The lowest BCUT2D eigenvalue weighted by atomic mass is 10.1. The Labute approximate surface area is 135 Å². The summed E-state index contributed by atoms with van der Waals surface area (Å²) in [6.45, 7) is 2.98. The maximum absolute atomic E-state index is 11.4. The van der Waals surface area contributed by atoms with Crippen molar-refractivity contribution in [3.63, 3.8) is 0 Å². The normalized spacial score (nSPS) is 13.6. The van der Waals surface area contributed by atoms with E-state index >= 15 is 0 Å². The summed E-state index contributed by atoms with van der Waals surface area (Å²) in [6, 6.07) is 16.5. The van der Waals surface area contributed by atoms with Gasteiger partial charge >= 0.3 is 0 Å². The van der Waals surface area contributed by atoms with E-state index in [-0.39, 0.29) is 0 Å². The van der Waals surface area contributed by atoms with E-state index in [0.29, 0.717) is 6.04 Å². The zero-order valence-electron chi connectivity index (χ0n) is 13.3. The lowest BCUT2D eigenvalue weighted by molar-refractivity contribution is 0.414. The highest BCUT2D eigenvalue weighted by molar-refractivity contribution is 7.84. The van der Waals surface area contributed by atoms with Gasteiger partial charge in [-0.3, -0.25) is 4.21 Å². The quantitative estimate of drug-likeness (QED) is 0.852. The number of rotatable bonds is 7. The third kappa shape index (κ3) is 4.97. The highest BCUT2D eigenvalue weighted by Crippen LogP contribution is 2.14. The Morgan fingerprint density at radius 3 is 2.50 bits per heavy atom. The van der Waals surface area contributed by atoms with Gasteiger partial charge in [-0.2, -0.15) is 0 Å². The zero-order valence-corrected chi connectivity index (χ0v) is 14.2. The molecule has 0 spiro atoms. The molecule has 0 fully saturated rings. The predicted octanol–water partition coefficient (Wildman–Crippen LogP) is 3.15. The van der Waals surface area contributed by atoms with E-state index < -0.39 is 10.8 Å². The van der Waals surface area contributed by atoms with Crippen LogP contribution in [0.4, 0.5) is 0 Å². The standard InChI is InChI=1S/C18H23NO2S/c1-14(11-16-5-4-6-17(12-16)21-2)19-13-15-7-9-18(10-8-15)22(3)20/h4-10,12,14,19H,11,13H2,1-3H3. The summed E-state index contributed by atoms with van der Waals surface area (Å²) < 4.78 is 16.6. The average molecular weight is 317 g/mol. The topological polar surface area (TPSA) is 38.3 Å². The maximum Gasteiger partial charge on any atom is 0.119 e. The van der Waals surface area contributed by atoms with Crippen molar-refractivity contribution in [1.82, 2.24) is 5.32 Å². The van der Waals surface area contributed by atoms with Crippen molar-refractivity contribution in [3.05, 3.63) is 59.7 Å². The van der Waals surface area contributed by atoms with Crippen LogP contribution in [0.5, 0.6) is 5.75 Å². The minimum absolute atomic E-state index is 0.368. The molecule has 118 valence electrons. The van der Waals surface area contributed by atoms with Crippen LogP contribution >= 0.6 is 0 Å². The third-order valence-corrected chi connectivity index (χ3v) is 4.52. The fourth-order valence-corrected chi connectivity index (χ4v) is 2.84. The molecule has 22 heavy (non-hydrogen) atoms. The van der Waals surface area contributed by atoms with Gasteiger partial charge in [0, 0.05) is 34.5 Å². The SMILES string of the molecule is COc1cccc(CC(C)NCc2ccc(S(C)=O)cc2)c1. The van der Waals surface area contributed by atoms with Crippen LogP contribution in [0.2, 0.25) is 0 Å². The maximum atomic E-state index is 11.4. The van der Waals surface area contributed by atoms with Crippen molar-refractivity contribution in [2.24, 2.45) is 0 Å². The molecule has 2 atom stereocenters. The Morgan fingerprint density at radius 1 is 1.14 bits per heavy atom. The van der Waals surface area contributed by atoms with Gasteiger partial charge in [0.25, 0.3) is 0 Å². The van der Waals surface area contributed by atoms with Crippen molar-refractivity contribution >= 4 is 10.8 Å². The molecule has 0 aliphatic heterocycles. The fraction of sp³-hybridized carbons (Fsp3) is 0.333. The summed E-state index contributed by atoms with van der Waals surface area (Å²) in [5.74, 6) is 0.896. The van der Waals surface area contributed by atoms with Crippen LogP contribution in [0.15, 0.2) is 53.4 Å². The Kier molecular flexibility index (Phi) is 6.16. The summed E-state index contributed by atoms with van der Waals surface area (Å²) in [6.07, 6.45) is 2.65. The van der Waals surface area contributed by atoms with Gasteiger partial charge in [0.1, 0.15) is 5.75 Å². The molecule has 4 heteroatoms. The number of methoxy groups -OCH3 is 1. The molecule has 2 rings (SSSR count). The van der Waals surface area contributed by atoms with Crippen LogP contribution in [0.1, 0.15) is 18.1 Å². The predicted molar refractivity (Wildman–Crippen MR) is 91.8 cm³/mol. The lowest BCUT2D eigenvalue weighted by Crippen LogP contribution is -2.27. The molecule has 0 aliphatic carbocycles. The fourth-order valence-electron chi connectivity index (χ4n) is 2.32. The summed E-state index contributed by atoms with van der Waals surface area (Å²) in [7, 11) is 0.776. The van der Waals surface area contributed by atoms with Gasteiger partial charge in [0.05, 0.1) is 7.11 Å². The molecule has 2 unspecified atom stereocenters. The molecule has 1 N–H and O–H groups in total. The monoisotopic (exact) mass is 317 g/mol. The summed E-state index contributed by atoms with van der Waals surface area (Å²) in [5.41, 5.74) is 2.46. The third-order valence-electron chi connectivity index (χ3n) is 3.59. The van der Waals surface area contributed by atoms with E-state index in [1.54, 1.807) is 13.4 Å². The molecule has 0 aromatic heterocycles. The van der Waals surface area contributed by atoms with E-state index in [1.165, 1.54) is 11.1 Å². The van der Waals surface area contributed by atoms with E-state index in [4.69, 9.17) is 4.74 Å². The van der Waals surface area contributed by atoms with E-state index in [1.807, 2.05) is 36.4 Å². The first-order valence-corrected chi connectivity index (χ1v) is 8.93. The summed E-state index contributed by atoms with van der Waals surface area (Å²) >= 11 is 0. The number of ether oxygens (including phenoxy) is 1. The molecule has 3 nitrogen and oxygen atoms in total. The van der Waals surface area contributed by atoms with Crippen molar-refractivity contribution in [1.29, 1.82) is 0 Å². The highest BCUT2D eigenvalue weighted by atomic mass is 32.2. The number of hydrogen-bond acceptors (Lipinski definition) is 3. The highest BCUT2D eigenvalue weighted by Gasteiger charge is 2.05. The minimum atomic E-state index is -0.912. The molecule has 2 aromatic rings. The van der Waals surface area contributed by atoms with Gasteiger partial charge in [-0.1, -0.05) is 24.3 Å². The first-order chi connectivity index (χ1) is 10.6. The molecule has 0 amide bonds. The molecule has 0 saturated carbocycles. The molecular weight excluding hydrogens is 294 g/mol. The Hall–Kier alpha value is -1.65. The molecule has 0 radical (unpaired) electrons. The first kappa shape index (κ1) is 16.7. The van der Waals surface area contributed by atoms with Crippen molar-refractivity contribution in [2.75, 3.05) is 13.4 Å². The average Bonchev–Trinajstić information content (AvgIpc) is 2.53. The van der Waals surface area contributed by atoms with E-state index in [9.17, 15) is 4.21 Å². The van der Waals surface area contributed by atoms with Crippen molar-refractivity contribution in [3.8, 4) is 5.75 Å². The lowest BCUT2D eigenvalue weighted by Gasteiger charge is -2.14. The van der Waals surface area contributed by atoms with Gasteiger partial charge in [0.15, 0.2) is 0 Å². The Bertz CT molecular complexity index is 625. The summed E-state index contributed by atoms with van der Waals surface area (Å²) in [4.78, 5) is 0.869. The number of benzene rings is 2. The second-order valence-electron chi connectivity index (χ2n) is 5.44. The summed E-state index contributed by atoms with van der Waals surface area (Å²) in [5, 5.41) is 3.52. The number of hydrogen-bond donors (Lipinski definition) is 1. The van der Waals surface area contributed by atoms with Crippen LogP contribution in [-0.4, -0.2) is 23.6 Å². The van der Waals surface area contributed by atoms with Gasteiger partial charge in [-0.15, -0.1) is 0 Å². The molecule has 0 bridgehead atoms. The van der Waals surface area contributed by atoms with E-state index in [2.05, 4.69) is 24.4 Å². The van der Waals surface area contributed by atoms with Gasteiger partial charge < -0.3 is 10.1 Å². The van der Waals surface area contributed by atoms with Gasteiger partial charge in [0.2, 0.25) is 0 Å². The molecule has 2 aromatic carbocycles. The zero-order chi connectivity index (χ0) is 15.9. The number of nitrogens with one attached hydrogen (secondary N) is 1. The Morgan fingerprint density at radius 2 is 1.86 bits per heavy atom. The van der Waals surface area contributed by atoms with Gasteiger partial charge in [-0.05, 0) is 48.7 Å². The van der Waals surface area contributed by atoms with Crippen LogP contribution in [0.3, 0.4) is 0 Å². The van der Waals surface area contributed by atoms with Crippen molar-refractivity contribution in [2.45, 2.75) is 30.8 Å². The molecular formula is C18H23NO2S. The van der Waals surface area contributed by atoms with Crippen LogP contribution in [0, 0.1) is 0 Å². The van der Waals surface area contributed by atoms with E-state index in [0.717, 1.165) is 23.6 Å². The van der Waals surface area contributed by atoms with Crippen molar-refractivity contribution < 1.29 is 8.95 Å². The molecule has 0 saturated heterocycles. The van der Waals surface area contributed by atoms with Crippen LogP contribution in [-0.2, 0) is 23.8 Å². The van der Waals surface area contributed by atoms with Gasteiger partial charge in [-0.25, -0.2) is 0 Å². The van der Waals surface area contributed by atoms with Crippen LogP contribution in [0.25, 0.3) is 0 Å². The minimum Gasteiger partial charge on any atom is -0.497 e. The molecule has 0 aliphatic rings. The Balaban J connectivity index is 1.86. The second-order valence-corrected chi connectivity index (χ2v) is 6.82. The van der Waals surface area contributed by atoms with Crippen LogP contribution < -0.4 is 10.1 Å². The smallest absolute Gasteiger partial charge is 0.119 e.